The second kappa shape index (κ2) is 8.55. The summed E-state index contributed by atoms with van der Waals surface area (Å²) in [7, 11) is 2.14. The molecule has 25 heavy (non-hydrogen) atoms. The van der Waals surface area contributed by atoms with Crippen molar-refractivity contribution in [3.8, 4) is 5.75 Å². The minimum absolute atomic E-state index is 0.0696. The molecule has 1 aromatic carbocycles. The molecule has 3 heteroatoms. The lowest BCUT2D eigenvalue weighted by molar-refractivity contribution is 0.235. The molecule has 0 amide bonds. The van der Waals surface area contributed by atoms with E-state index >= 15 is 0 Å². The van der Waals surface area contributed by atoms with Crippen molar-refractivity contribution in [3.05, 3.63) is 28.8 Å². The van der Waals surface area contributed by atoms with Crippen molar-refractivity contribution in [1.29, 1.82) is 0 Å². The first kappa shape index (κ1) is 22.0. The van der Waals surface area contributed by atoms with Gasteiger partial charge in [0.25, 0.3) is 0 Å². The van der Waals surface area contributed by atoms with E-state index < -0.39 is 0 Å². The highest BCUT2D eigenvalue weighted by molar-refractivity contribution is 5.48. The zero-order chi connectivity index (χ0) is 19.4. The summed E-state index contributed by atoms with van der Waals surface area (Å²) in [5.41, 5.74) is 3.39. The van der Waals surface area contributed by atoms with Gasteiger partial charge >= 0.3 is 0 Å². The molecule has 0 aliphatic carbocycles. The van der Waals surface area contributed by atoms with Gasteiger partial charge in [-0.15, -0.1) is 0 Å². The van der Waals surface area contributed by atoms with E-state index in [2.05, 4.69) is 84.4 Å². The van der Waals surface area contributed by atoms with Crippen LogP contribution < -0.4 is 0 Å². The number of aromatic hydroxyl groups is 1. The maximum absolute atomic E-state index is 10.9. The summed E-state index contributed by atoms with van der Waals surface area (Å²) in [6.07, 6.45) is 0. The van der Waals surface area contributed by atoms with Gasteiger partial charge in [0, 0.05) is 25.2 Å². The normalized spacial score (nSPS) is 13.1. The third-order valence-electron chi connectivity index (χ3n) is 5.00. The number of benzene rings is 1. The van der Waals surface area contributed by atoms with E-state index in [0.717, 1.165) is 43.9 Å². The third-order valence-corrected chi connectivity index (χ3v) is 5.00. The second-order valence-corrected chi connectivity index (χ2v) is 9.30. The van der Waals surface area contributed by atoms with Crippen LogP contribution in [0.4, 0.5) is 0 Å². The van der Waals surface area contributed by atoms with Crippen LogP contribution in [0.25, 0.3) is 0 Å². The van der Waals surface area contributed by atoms with E-state index in [-0.39, 0.29) is 10.8 Å². The predicted molar refractivity (Wildman–Crippen MR) is 110 cm³/mol. The Labute approximate surface area is 156 Å². The monoisotopic (exact) mass is 348 g/mol. The van der Waals surface area contributed by atoms with Crippen molar-refractivity contribution in [2.75, 3.05) is 33.2 Å². The molecule has 0 radical (unpaired) electrons. The molecule has 3 nitrogen and oxygen atoms in total. The molecule has 0 saturated heterocycles. The average molecular weight is 349 g/mol. The van der Waals surface area contributed by atoms with Gasteiger partial charge in [-0.3, -0.25) is 0 Å². The topological polar surface area (TPSA) is 26.7 Å². The van der Waals surface area contributed by atoms with Gasteiger partial charge in [0.1, 0.15) is 5.75 Å². The highest BCUT2D eigenvalue weighted by Gasteiger charge is 2.25. The highest BCUT2D eigenvalue weighted by atomic mass is 16.3. The number of likely N-dealkylation sites (N-methyl/N-ethyl adjacent to an activating group) is 2. The number of nitrogens with zero attached hydrogens (tertiary/aromatic N) is 2. The number of rotatable bonds is 7. The minimum Gasteiger partial charge on any atom is -0.507 e. The van der Waals surface area contributed by atoms with E-state index in [1.54, 1.807) is 0 Å². The predicted octanol–water partition coefficient (Wildman–Crippen LogP) is 4.76. The van der Waals surface area contributed by atoms with Gasteiger partial charge in [0.2, 0.25) is 0 Å². The molecule has 1 aromatic rings. The lowest BCUT2D eigenvalue weighted by atomic mass is 9.79. The Morgan fingerprint density at radius 2 is 1.44 bits per heavy atom. The van der Waals surface area contributed by atoms with E-state index in [0.29, 0.717) is 5.75 Å². The molecule has 0 aromatic heterocycles. The molecule has 0 spiro atoms. The van der Waals surface area contributed by atoms with Gasteiger partial charge in [-0.1, -0.05) is 67.5 Å². The van der Waals surface area contributed by atoms with E-state index in [1.165, 1.54) is 5.56 Å². The number of hydrogen-bond acceptors (Lipinski definition) is 3. The second-order valence-electron chi connectivity index (χ2n) is 9.30. The van der Waals surface area contributed by atoms with E-state index in [1.807, 2.05) is 0 Å². The van der Waals surface area contributed by atoms with Gasteiger partial charge in [-0.05, 0) is 42.1 Å². The van der Waals surface area contributed by atoms with Crippen LogP contribution in [0.5, 0.6) is 5.75 Å². The fraction of sp³-hybridized carbons (Fsp3) is 0.727. The van der Waals surface area contributed by atoms with E-state index in [9.17, 15) is 5.11 Å². The molecule has 0 bridgehead atoms. The van der Waals surface area contributed by atoms with Gasteiger partial charge in [0.05, 0.1) is 0 Å². The molecule has 0 saturated carbocycles. The minimum atomic E-state index is -0.0696. The molecule has 0 aliphatic heterocycles. The van der Waals surface area contributed by atoms with Crippen LogP contribution in [0.1, 0.15) is 72.1 Å². The summed E-state index contributed by atoms with van der Waals surface area (Å²) >= 11 is 0. The molecule has 1 rings (SSSR count). The summed E-state index contributed by atoms with van der Waals surface area (Å²) in [4.78, 5) is 4.74. The first-order valence-corrected chi connectivity index (χ1v) is 9.67. The standard InChI is InChI=1S/C22H40N2O/c1-10-24(11-2)13-12-23(9)16-17-14-18(21(3,4)5)15-19(20(17)25)22(6,7)8/h14-15,25H,10-13,16H2,1-9H3. The van der Waals surface area contributed by atoms with Gasteiger partial charge in [-0.25, -0.2) is 0 Å². The Morgan fingerprint density at radius 1 is 0.880 bits per heavy atom. The lowest BCUT2D eigenvalue weighted by Gasteiger charge is -2.29. The van der Waals surface area contributed by atoms with Gasteiger partial charge < -0.3 is 14.9 Å². The lowest BCUT2D eigenvalue weighted by Crippen LogP contribution is -2.33. The van der Waals surface area contributed by atoms with Crippen LogP contribution in [0.3, 0.4) is 0 Å². The van der Waals surface area contributed by atoms with Gasteiger partial charge in [-0.2, -0.15) is 0 Å². The Hall–Kier alpha value is -1.06. The van der Waals surface area contributed by atoms with Gasteiger partial charge in [0.15, 0.2) is 0 Å². The molecule has 1 N–H and O–H groups in total. The quantitative estimate of drug-likeness (QED) is 0.769. The zero-order valence-corrected chi connectivity index (χ0v) is 18.0. The maximum atomic E-state index is 10.9. The average Bonchev–Trinajstić information content (AvgIpc) is 2.48. The molecule has 144 valence electrons. The zero-order valence-electron chi connectivity index (χ0n) is 18.0. The Bertz CT molecular complexity index is 548. The summed E-state index contributed by atoms with van der Waals surface area (Å²) in [5.74, 6) is 0.468. The van der Waals surface area contributed by atoms with E-state index in [4.69, 9.17) is 0 Å². The summed E-state index contributed by atoms with van der Waals surface area (Å²) in [6.45, 7) is 22.6. The van der Waals surface area contributed by atoms with Crippen molar-refractivity contribution in [1.82, 2.24) is 9.80 Å². The smallest absolute Gasteiger partial charge is 0.123 e. The van der Waals surface area contributed by atoms with Crippen LogP contribution in [-0.2, 0) is 17.4 Å². The van der Waals surface area contributed by atoms with Crippen LogP contribution in [0.15, 0.2) is 12.1 Å². The van der Waals surface area contributed by atoms with Crippen LogP contribution in [0, 0.1) is 0 Å². The highest BCUT2D eigenvalue weighted by Crippen LogP contribution is 2.38. The molecule has 0 heterocycles. The molecule has 0 unspecified atom stereocenters. The largest absolute Gasteiger partial charge is 0.507 e. The number of hydrogen-bond donors (Lipinski definition) is 1. The Morgan fingerprint density at radius 3 is 1.88 bits per heavy atom. The maximum Gasteiger partial charge on any atom is 0.123 e. The van der Waals surface area contributed by atoms with Crippen LogP contribution in [-0.4, -0.2) is 48.1 Å². The molecule has 0 aliphatic rings. The van der Waals surface area contributed by atoms with Crippen LogP contribution >= 0.6 is 0 Å². The summed E-state index contributed by atoms with van der Waals surface area (Å²) < 4.78 is 0. The molecular formula is C22H40N2O. The number of phenols is 1. The fourth-order valence-electron chi connectivity index (χ4n) is 3.04. The van der Waals surface area contributed by atoms with Crippen molar-refractivity contribution < 1.29 is 5.11 Å². The first-order chi connectivity index (χ1) is 11.4. The molecule has 0 atom stereocenters. The third kappa shape index (κ3) is 6.31. The van der Waals surface area contributed by atoms with Crippen molar-refractivity contribution >= 4 is 0 Å². The summed E-state index contributed by atoms with van der Waals surface area (Å²) in [6, 6.07) is 4.38. The van der Waals surface area contributed by atoms with Crippen LogP contribution in [0.2, 0.25) is 0 Å². The van der Waals surface area contributed by atoms with Crippen molar-refractivity contribution in [3.63, 3.8) is 0 Å². The SMILES string of the molecule is CCN(CC)CCN(C)Cc1cc(C(C)(C)C)cc(C(C)(C)C)c1O. The first-order valence-electron chi connectivity index (χ1n) is 9.67. The number of phenolic OH excluding ortho intramolecular Hbond substituents is 1. The fourth-order valence-corrected chi connectivity index (χ4v) is 3.04. The Kier molecular flexibility index (Phi) is 7.52. The van der Waals surface area contributed by atoms with Crippen molar-refractivity contribution in [2.45, 2.75) is 72.8 Å². The molecular weight excluding hydrogens is 308 g/mol. The van der Waals surface area contributed by atoms with Crippen molar-refractivity contribution in [2.24, 2.45) is 0 Å². The summed E-state index contributed by atoms with van der Waals surface area (Å²) in [5, 5.41) is 10.9. The Balaban J connectivity index is 3.09. The molecule has 0 fully saturated rings.